The molecule has 200 valence electrons. The van der Waals surface area contributed by atoms with E-state index in [0.717, 1.165) is 42.5 Å². The zero-order valence-electron chi connectivity index (χ0n) is 22.1. The number of carbonyl (C=O) groups is 2. The van der Waals surface area contributed by atoms with E-state index in [1.54, 1.807) is 15.6 Å². The van der Waals surface area contributed by atoms with Crippen LogP contribution in [0.2, 0.25) is 0 Å². The molecule has 5 rings (SSSR count). The van der Waals surface area contributed by atoms with Gasteiger partial charge in [0, 0.05) is 31.4 Å². The van der Waals surface area contributed by atoms with Gasteiger partial charge in [0.15, 0.2) is 11.5 Å². The van der Waals surface area contributed by atoms with Gasteiger partial charge in [-0.2, -0.15) is 5.10 Å². The number of carbonyl (C=O) groups excluding carboxylic acids is 2. The van der Waals surface area contributed by atoms with E-state index in [1.165, 1.54) is 6.42 Å². The molecule has 1 saturated carbocycles. The zero-order valence-corrected chi connectivity index (χ0v) is 22.1. The van der Waals surface area contributed by atoms with Crippen molar-refractivity contribution < 1.29 is 19.1 Å². The number of hydrogen-bond donors (Lipinski definition) is 1. The molecule has 1 aliphatic heterocycles. The van der Waals surface area contributed by atoms with Gasteiger partial charge in [-0.15, -0.1) is 0 Å². The summed E-state index contributed by atoms with van der Waals surface area (Å²) < 4.78 is 13.7. The first kappa shape index (κ1) is 25.8. The fraction of sp³-hybridized carbons (Fsp3) is 0.433. The lowest BCUT2D eigenvalue weighted by Crippen LogP contribution is -2.53. The molecule has 2 aromatic carbocycles. The number of rotatable bonds is 8. The van der Waals surface area contributed by atoms with Gasteiger partial charge in [-0.3, -0.25) is 14.3 Å². The van der Waals surface area contributed by atoms with Gasteiger partial charge in [0.2, 0.25) is 12.0 Å². The summed E-state index contributed by atoms with van der Waals surface area (Å²) in [6.07, 6.45) is 6.90. The Morgan fingerprint density at radius 3 is 2.47 bits per heavy atom. The van der Waals surface area contributed by atoms with E-state index in [9.17, 15) is 9.59 Å². The summed E-state index contributed by atoms with van der Waals surface area (Å²) in [6, 6.07) is 16.6. The third kappa shape index (κ3) is 5.85. The minimum Gasteiger partial charge on any atom is -0.485 e. The molecular weight excluding hydrogens is 480 g/mol. The fourth-order valence-electron chi connectivity index (χ4n) is 5.45. The number of fused-ring (bicyclic) bond motifs is 1. The Morgan fingerprint density at radius 2 is 1.76 bits per heavy atom. The number of nitrogens with one attached hydrogen (secondary N) is 1. The van der Waals surface area contributed by atoms with Crippen LogP contribution in [0.3, 0.4) is 0 Å². The molecule has 0 radical (unpaired) electrons. The smallest absolute Gasteiger partial charge is 0.268 e. The molecular formula is C30H36N4O4. The van der Waals surface area contributed by atoms with Gasteiger partial charge >= 0.3 is 0 Å². The van der Waals surface area contributed by atoms with Gasteiger partial charge in [0.05, 0.1) is 5.69 Å². The summed E-state index contributed by atoms with van der Waals surface area (Å²) in [4.78, 5) is 29.8. The van der Waals surface area contributed by atoms with Crippen molar-refractivity contribution in [1.82, 2.24) is 20.0 Å². The number of ether oxygens (including phenoxy) is 2. The normalized spacial score (nSPS) is 18.0. The van der Waals surface area contributed by atoms with E-state index in [4.69, 9.17) is 9.47 Å². The van der Waals surface area contributed by atoms with Crippen molar-refractivity contribution in [3.8, 4) is 11.5 Å². The number of benzene rings is 2. The lowest BCUT2D eigenvalue weighted by molar-refractivity contribution is -0.148. The van der Waals surface area contributed by atoms with Crippen molar-refractivity contribution in [2.75, 3.05) is 13.2 Å². The number of amides is 2. The van der Waals surface area contributed by atoms with Gasteiger partial charge in [-0.25, -0.2) is 0 Å². The molecule has 3 aromatic rings. The van der Waals surface area contributed by atoms with Crippen LogP contribution in [-0.2, 0) is 23.1 Å². The number of aromatic nitrogens is 2. The van der Waals surface area contributed by atoms with Crippen LogP contribution in [0.25, 0.3) is 0 Å². The second kappa shape index (κ2) is 11.7. The topological polar surface area (TPSA) is 85.7 Å². The first-order valence-corrected chi connectivity index (χ1v) is 13.5. The Morgan fingerprint density at radius 1 is 1.05 bits per heavy atom. The van der Waals surface area contributed by atoms with Crippen LogP contribution >= 0.6 is 0 Å². The summed E-state index contributed by atoms with van der Waals surface area (Å²) in [5, 5.41) is 7.77. The minimum absolute atomic E-state index is 0.0840. The molecule has 2 atom stereocenters. The maximum Gasteiger partial charge on any atom is 0.268 e. The highest BCUT2D eigenvalue weighted by Crippen LogP contribution is 2.33. The summed E-state index contributed by atoms with van der Waals surface area (Å²) in [5.74, 6) is 0.692. The van der Waals surface area contributed by atoms with Crippen LogP contribution in [0.15, 0.2) is 60.8 Å². The highest BCUT2D eigenvalue weighted by atomic mass is 16.6. The molecule has 38 heavy (non-hydrogen) atoms. The average Bonchev–Trinajstić information content (AvgIpc) is 3.28. The molecule has 1 aliphatic carbocycles. The molecule has 0 spiro atoms. The standard InChI is InChI=1S/C30H36N4O4/c1-21-24(19-33(2)32-21)28(29(35)31-23-13-7-4-8-14-23)34(18-17-22-11-5-3-6-12-22)30(36)27-20-37-25-15-9-10-16-26(25)38-27/h3,5-6,9-12,15-16,19,23,27-28H,4,7-8,13-14,17-18,20H2,1-2H3,(H,31,35). The zero-order chi connectivity index (χ0) is 26.5. The number of hydrogen-bond acceptors (Lipinski definition) is 5. The van der Waals surface area contributed by atoms with Crippen LogP contribution in [-0.4, -0.2) is 51.8 Å². The van der Waals surface area contributed by atoms with Gasteiger partial charge in [-0.05, 0) is 43.9 Å². The molecule has 1 N–H and O–H groups in total. The molecule has 1 fully saturated rings. The van der Waals surface area contributed by atoms with E-state index >= 15 is 0 Å². The van der Waals surface area contributed by atoms with Crippen LogP contribution in [0.1, 0.15) is 55.0 Å². The Bertz CT molecular complexity index is 1250. The summed E-state index contributed by atoms with van der Waals surface area (Å²) >= 11 is 0. The van der Waals surface area contributed by atoms with E-state index in [-0.39, 0.29) is 24.5 Å². The molecule has 0 saturated heterocycles. The predicted molar refractivity (Wildman–Crippen MR) is 144 cm³/mol. The van der Waals surface area contributed by atoms with Crippen LogP contribution in [0.5, 0.6) is 11.5 Å². The first-order chi connectivity index (χ1) is 18.5. The van der Waals surface area contributed by atoms with Crippen molar-refractivity contribution >= 4 is 11.8 Å². The van der Waals surface area contributed by atoms with Crippen molar-refractivity contribution in [1.29, 1.82) is 0 Å². The predicted octanol–water partition coefficient (Wildman–Crippen LogP) is 4.13. The summed E-state index contributed by atoms with van der Waals surface area (Å²) in [6.45, 7) is 2.31. The molecule has 1 aromatic heterocycles. The number of para-hydroxylation sites is 2. The molecule has 2 amide bonds. The van der Waals surface area contributed by atoms with Crippen molar-refractivity contribution in [2.24, 2.45) is 7.05 Å². The van der Waals surface area contributed by atoms with E-state index < -0.39 is 12.1 Å². The average molecular weight is 517 g/mol. The lowest BCUT2D eigenvalue weighted by Gasteiger charge is -2.36. The molecule has 8 nitrogen and oxygen atoms in total. The molecule has 2 unspecified atom stereocenters. The van der Waals surface area contributed by atoms with Crippen LogP contribution < -0.4 is 14.8 Å². The highest BCUT2D eigenvalue weighted by Gasteiger charge is 2.39. The Balaban J connectivity index is 1.47. The van der Waals surface area contributed by atoms with Crippen molar-refractivity contribution in [2.45, 2.75) is 63.6 Å². The van der Waals surface area contributed by atoms with Crippen molar-refractivity contribution in [3.63, 3.8) is 0 Å². The second-order valence-corrected chi connectivity index (χ2v) is 10.2. The minimum atomic E-state index is -0.859. The second-order valence-electron chi connectivity index (χ2n) is 10.2. The Kier molecular flexibility index (Phi) is 7.96. The third-order valence-electron chi connectivity index (χ3n) is 7.41. The monoisotopic (exact) mass is 516 g/mol. The highest BCUT2D eigenvalue weighted by molar-refractivity contribution is 5.91. The van der Waals surface area contributed by atoms with Crippen molar-refractivity contribution in [3.05, 3.63) is 77.6 Å². The molecule has 8 heteroatoms. The van der Waals surface area contributed by atoms with Gasteiger partial charge in [0.1, 0.15) is 12.6 Å². The van der Waals surface area contributed by atoms with E-state index in [1.807, 2.05) is 68.7 Å². The molecule has 0 bridgehead atoms. The van der Waals surface area contributed by atoms with Gasteiger partial charge < -0.3 is 19.7 Å². The van der Waals surface area contributed by atoms with Crippen LogP contribution in [0.4, 0.5) is 0 Å². The summed E-state index contributed by atoms with van der Waals surface area (Å²) in [5.41, 5.74) is 2.53. The lowest BCUT2D eigenvalue weighted by atomic mass is 9.94. The largest absolute Gasteiger partial charge is 0.485 e. The van der Waals surface area contributed by atoms with E-state index in [2.05, 4.69) is 10.4 Å². The number of aryl methyl sites for hydroxylation is 2. The third-order valence-corrected chi connectivity index (χ3v) is 7.41. The fourth-order valence-corrected chi connectivity index (χ4v) is 5.45. The summed E-state index contributed by atoms with van der Waals surface area (Å²) in [7, 11) is 1.83. The Hall–Kier alpha value is -3.81. The SMILES string of the molecule is Cc1nn(C)cc1C(C(=O)NC1CCCCC1)N(CCc1ccccc1)C(=O)C1COc2ccccc2O1. The van der Waals surface area contributed by atoms with Crippen LogP contribution in [0, 0.1) is 6.92 Å². The number of nitrogens with zero attached hydrogens (tertiary/aromatic N) is 3. The maximum absolute atomic E-state index is 14.2. The molecule has 2 aliphatic rings. The van der Waals surface area contributed by atoms with Gasteiger partial charge in [0.25, 0.3) is 5.91 Å². The quantitative estimate of drug-likeness (QED) is 0.487. The van der Waals surface area contributed by atoms with E-state index in [0.29, 0.717) is 24.5 Å². The maximum atomic E-state index is 14.2. The first-order valence-electron chi connectivity index (χ1n) is 13.5. The van der Waals surface area contributed by atoms with Gasteiger partial charge in [-0.1, -0.05) is 61.7 Å². The molecule has 2 heterocycles. The Labute approximate surface area is 223 Å².